The summed E-state index contributed by atoms with van der Waals surface area (Å²) >= 11 is 0. The minimum atomic E-state index is 0.265. The summed E-state index contributed by atoms with van der Waals surface area (Å²) in [6.07, 6.45) is 5.52. The van der Waals surface area contributed by atoms with Crippen LogP contribution in [-0.4, -0.2) is 5.78 Å². The molecular formula is C16H22O. The Balaban J connectivity index is 2.14. The molecule has 0 amide bonds. The Morgan fingerprint density at radius 3 is 2.82 bits per heavy atom. The van der Waals surface area contributed by atoms with Gasteiger partial charge in [0.2, 0.25) is 0 Å². The van der Waals surface area contributed by atoms with Crippen LogP contribution in [0.3, 0.4) is 0 Å². The number of hydrogen-bond acceptors (Lipinski definition) is 1. The first-order valence-electron chi connectivity index (χ1n) is 6.80. The summed E-state index contributed by atoms with van der Waals surface area (Å²) in [6, 6.07) is 8.14. The Kier molecular flexibility index (Phi) is 3.98. The molecule has 1 unspecified atom stereocenters. The van der Waals surface area contributed by atoms with E-state index in [4.69, 9.17) is 0 Å². The van der Waals surface area contributed by atoms with Gasteiger partial charge in [-0.2, -0.15) is 0 Å². The molecule has 1 atom stereocenters. The lowest BCUT2D eigenvalue weighted by Gasteiger charge is -2.14. The van der Waals surface area contributed by atoms with Crippen molar-refractivity contribution >= 4 is 5.78 Å². The Morgan fingerprint density at radius 2 is 2.06 bits per heavy atom. The highest BCUT2D eigenvalue weighted by atomic mass is 16.1. The van der Waals surface area contributed by atoms with Gasteiger partial charge in [0, 0.05) is 11.5 Å². The number of Topliss-reactive ketones (excluding diaryl/α,β-unsaturated/α-hetero) is 1. The van der Waals surface area contributed by atoms with Crippen molar-refractivity contribution in [3.05, 3.63) is 35.4 Å². The smallest absolute Gasteiger partial charge is 0.166 e. The van der Waals surface area contributed by atoms with Gasteiger partial charge in [-0.15, -0.1) is 0 Å². The fraction of sp³-hybridized carbons (Fsp3) is 0.562. The number of ketones is 1. The van der Waals surface area contributed by atoms with Crippen molar-refractivity contribution in [2.75, 3.05) is 0 Å². The minimum absolute atomic E-state index is 0.265. The van der Waals surface area contributed by atoms with E-state index in [9.17, 15) is 4.79 Å². The maximum absolute atomic E-state index is 12.4. The third-order valence-corrected chi connectivity index (χ3v) is 3.74. The van der Waals surface area contributed by atoms with E-state index >= 15 is 0 Å². The predicted octanol–water partition coefficient (Wildman–Crippen LogP) is 4.26. The van der Waals surface area contributed by atoms with Gasteiger partial charge < -0.3 is 0 Å². The molecule has 1 nitrogen and oxygen atoms in total. The van der Waals surface area contributed by atoms with Gasteiger partial charge in [0.15, 0.2) is 5.78 Å². The van der Waals surface area contributed by atoms with Crippen molar-refractivity contribution in [2.24, 2.45) is 11.8 Å². The quantitative estimate of drug-likeness (QED) is 0.709. The zero-order valence-electron chi connectivity index (χ0n) is 10.9. The lowest BCUT2D eigenvalue weighted by Crippen LogP contribution is -2.14. The maximum Gasteiger partial charge on any atom is 0.166 e. The van der Waals surface area contributed by atoms with Crippen LogP contribution in [0, 0.1) is 11.8 Å². The van der Waals surface area contributed by atoms with Crippen LogP contribution in [0.15, 0.2) is 24.3 Å². The normalized spacial score (nSPS) is 20.2. The molecule has 0 aromatic heterocycles. The second kappa shape index (κ2) is 5.48. The Morgan fingerprint density at radius 1 is 1.29 bits per heavy atom. The number of hydrogen-bond donors (Lipinski definition) is 0. The van der Waals surface area contributed by atoms with Gasteiger partial charge in [-0.05, 0) is 37.2 Å². The molecular weight excluding hydrogens is 208 g/mol. The summed E-state index contributed by atoms with van der Waals surface area (Å²) < 4.78 is 0. The first kappa shape index (κ1) is 12.3. The third kappa shape index (κ3) is 2.96. The van der Waals surface area contributed by atoms with Gasteiger partial charge in [0.1, 0.15) is 0 Å². The minimum Gasteiger partial charge on any atom is -0.294 e. The van der Waals surface area contributed by atoms with Crippen LogP contribution in [0.25, 0.3) is 0 Å². The van der Waals surface area contributed by atoms with E-state index < -0.39 is 0 Å². The number of aryl methyl sites for hydroxylation is 1. The molecule has 0 aliphatic heterocycles. The molecule has 0 bridgehead atoms. The van der Waals surface area contributed by atoms with E-state index in [-0.39, 0.29) is 5.92 Å². The van der Waals surface area contributed by atoms with E-state index in [2.05, 4.69) is 19.9 Å². The fourth-order valence-corrected chi connectivity index (χ4v) is 2.68. The lowest BCUT2D eigenvalue weighted by atomic mass is 9.89. The topological polar surface area (TPSA) is 17.1 Å². The van der Waals surface area contributed by atoms with Crippen molar-refractivity contribution < 1.29 is 4.79 Å². The van der Waals surface area contributed by atoms with Gasteiger partial charge in [0.25, 0.3) is 0 Å². The highest BCUT2D eigenvalue weighted by Crippen LogP contribution is 2.28. The zero-order valence-corrected chi connectivity index (χ0v) is 10.9. The highest BCUT2D eigenvalue weighted by molar-refractivity contribution is 5.99. The largest absolute Gasteiger partial charge is 0.294 e. The number of rotatable bonds is 3. The molecule has 92 valence electrons. The summed E-state index contributed by atoms with van der Waals surface area (Å²) in [5, 5.41) is 0. The molecule has 1 aromatic rings. The molecule has 1 aromatic carbocycles. The Labute approximate surface area is 104 Å². The number of benzene rings is 1. The van der Waals surface area contributed by atoms with Crippen molar-refractivity contribution in [1.82, 2.24) is 0 Å². The monoisotopic (exact) mass is 230 g/mol. The second-order valence-corrected chi connectivity index (χ2v) is 5.58. The van der Waals surface area contributed by atoms with Gasteiger partial charge in [-0.1, -0.05) is 44.5 Å². The van der Waals surface area contributed by atoms with Crippen molar-refractivity contribution in [1.29, 1.82) is 0 Å². The fourth-order valence-electron chi connectivity index (χ4n) is 2.68. The van der Waals surface area contributed by atoms with Gasteiger partial charge in [-0.3, -0.25) is 4.79 Å². The average molecular weight is 230 g/mol. The molecule has 0 saturated heterocycles. The summed E-state index contributed by atoms with van der Waals surface area (Å²) in [7, 11) is 0. The molecule has 1 aliphatic rings. The first-order valence-corrected chi connectivity index (χ1v) is 6.80. The third-order valence-electron chi connectivity index (χ3n) is 3.74. The molecule has 0 radical (unpaired) electrons. The predicted molar refractivity (Wildman–Crippen MR) is 71.3 cm³/mol. The summed E-state index contributed by atoms with van der Waals surface area (Å²) in [6.45, 7) is 4.46. The molecule has 0 spiro atoms. The SMILES string of the molecule is CC(C)CCC1CCCc2ccccc2C1=O. The van der Waals surface area contributed by atoms with Gasteiger partial charge >= 0.3 is 0 Å². The second-order valence-electron chi connectivity index (χ2n) is 5.58. The van der Waals surface area contributed by atoms with E-state index in [0.29, 0.717) is 11.7 Å². The lowest BCUT2D eigenvalue weighted by molar-refractivity contribution is 0.0905. The summed E-state index contributed by atoms with van der Waals surface area (Å²) in [4.78, 5) is 12.4. The maximum atomic E-state index is 12.4. The molecule has 0 heterocycles. The summed E-state index contributed by atoms with van der Waals surface area (Å²) in [5.74, 6) is 1.35. The van der Waals surface area contributed by atoms with Crippen LogP contribution >= 0.6 is 0 Å². The van der Waals surface area contributed by atoms with Crippen LogP contribution in [0.2, 0.25) is 0 Å². The molecule has 1 aliphatic carbocycles. The van der Waals surface area contributed by atoms with E-state index in [0.717, 1.165) is 31.2 Å². The standard InChI is InChI=1S/C16H22O/c1-12(2)10-11-14-8-5-7-13-6-3-4-9-15(13)16(14)17/h3-4,6,9,12,14H,5,7-8,10-11H2,1-2H3. The number of fused-ring (bicyclic) bond motifs is 1. The van der Waals surface area contributed by atoms with Crippen LogP contribution in [0.1, 0.15) is 55.5 Å². The van der Waals surface area contributed by atoms with Crippen LogP contribution in [0.4, 0.5) is 0 Å². The van der Waals surface area contributed by atoms with Crippen LogP contribution in [-0.2, 0) is 6.42 Å². The Hall–Kier alpha value is -1.11. The first-order chi connectivity index (χ1) is 8.18. The number of carbonyl (C=O) groups is 1. The van der Waals surface area contributed by atoms with E-state index in [1.807, 2.05) is 18.2 Å². The molecule has 0 fully saturated rings. The van der Waals surface area contributed by atoms with Gasteiger partial charge in [-0.25, -0.2) is 0 Å². The van der Waals surface area contributed by atoms with Crippen molar-refractivity contribution in [2.45, 2.75) is 46.0 Å². The van der Waals surface area contributed by atoms with Crippen LogP contribution in [0.5, 0.6) is 0 Å². The average Bonchev–Trinajstić information content (AvgIpc) is 2.47. The van der Waals surface area contributed by atoms with Crippen molar-refractivity contribution in [3.63, 3.8) is 0 Å². The van der Waals surface area contributed by atoms with E-state index in [1.165, 1.54) is 12.0 Å². The van der Waals surface area contributed by atoms with Crippen LogP contribution < -0.4 is 0 Å². The molecule has 0 saturated carbocycles. The van der Waals surface area contributed by atoms with E-state index in [1.54, 1.807) is 0 Å². The van der Waals surface area contributed by atoms with Gasteiger partial charge in [0.05, 0.1) is 0 Å². The zero-order chi connectivity index (χ0) is 12.3. The molecule has 1 heteroatoms. The molecule has 2 rings (SSSR count). The molecule has 17 heavy (non-hydrogen) atoms. The summed E-state index contributed by atoms with van der Waals surface area (Å²) in [5.41, 5.74) is 2.24. The van der Waals surface area contributed by atoms with Crippen molar-refractivity contribution in [3.8, 4) is 0 Å². The highest BCUT2D eigenvalue weighted by Gasteiger charge is 2.24. The number of carbonyl (C=O) groups excluding carboxylic acids is 1. The Bertz CT molecular complexity index is 392. The molecule has 0 N–H and O–H groups in total.